The second kappa shape index (κ2) is 12.8. The summed E-state index contributed by atoms with van der Waals surface area (Å²) in [5.41, 5.74) is -19.4. The number of hydrogen-bond acceptors (Lipinski definition) is 2. The molecule has 0 N–H and O–H groups in total. The molecular formula is C57H39NO. The van der Waals surface area contributed by atoms with E-state index in [4.69, 9.17) is 26.3 Å². The standard InChI is InChI=1S/C57H39NO/c1-57(2)49-25-11-9-20-44(49)46-23-13-26-50(56(46)57)58(51-35-38-16-4-5-17-40(38)43-19-7-8-21-45(43)51)39-32-29-37(30-33-39)42-34-31-36-15-3-6-18-41(36)54(42)48-24-14-28-53-55(48)47-22-10-12-27-52(47)59-53/h3-35H,1-2H3/i1D3,2D3,3D,4D,5D,6D,7D,8D,9D,10D,11D,12D,13D,14D,15D,16D,17D,18D,19D,20D,21D,22D,23D,24D,25D,26D,27D,28D,29D,30D,31D,32D,33D,34D,35D. The molecule has 1 aromatic heterocycles. The summed E-state index contributed by atoms with van der Waals surface area (Å²) in [5.74, 6) is 0. The van der Waals surface area contributed by atoms with Crippen LogP contribution in [-0.2, 0) is 5.41 Å². The zero-order chi connectivity index (χ0) is 73.0. The number of furan rings is 1. The highest BCUT2D eigenvalue weighted by atomic mass is 16.3. The third-order valence-corrected chi connectivity index (χ3v) is 9.88. The summed E-state index contributed by atoms with van der Waals surface area (Å²) in [5, 5.41) is -7.05. The molecule has 0 atom stereocenters. The Balaban J connectivity index is 1.40. The minimum atomic E-state index is -4.26. The molecule has 278 valence electrons. The van der Waals surface area contributed by atoms with Crippen LogP contribution in [0.2, 0.25) is 0 Å². The van der Waals surface area contributed by atoms with E-state index in [-0.39, 0.29) is 4.90 Å². The lowest BCUT2D eigenvalue weighted by molar-refractivity contribution is 0.661. The van der Waals surface area contributed by atoms with Crippen molar-refractivity contribution in [3.05, 3.63) is 211 Å². The lowest BCUT2D eigenvalue weighted by atomic mass is 9.81. The van der Waals surface area contributed by atoms with Gasteiger partial charge in [-0.1, -0.05) is 177 Å². The van der Waals surface area contributed by atoms with E-state index in [0.29, 0.717) is 0 Å². The zero-order valence-electron chi connectivity index (χ0n) is 68.4. The predicted molar refractivity (Wildman–Crippen MR) is 249 cm³/mol. The quantitative estimate of drug-likeness (QED) is 0.161. The fourth-order valence-electron chi connectivity index (χ4n) is 7.41. The monoisotopic (exact) mass is 793 g/mol. The maximum atomic E-state index is 10.3. The normalized spacial score (nSPS) is 22.8. The first-order valence-corrected chi connectivity index (χ1v) is 17.3. The van der Waals surface area contributed by atoms with Gasteiger partial charge in [-0.15, -0.1) is 0 Å². The molecule has 11 aromatic rings. The molecule has 2 nitrogen and oxygen atoms in total. The van der Waals surface area contributed by atoms with Crippen molar-refractivity contribution >= 4 is 71.3 Å². The van der Waals surface area contributed by atoms with Crippen molar-refractivity contribution in [2.24, 2.45) is 0 Å². The van der Waals surface area contributed by atoms with Gasteiger partial charge >= 0.3 is 0 Å². The lowest BCUT2D eigenvalue weighted by Crippen LogP contribution is -2.20. The van der Waals surface area contributed by atoms with Gasteiger partial charge in [0.05, 0.1) is 56.6 Å². The number of benzene rings is 10. The summed E-state index contributed by atoms with van der Waals surface area (Å²) in [6.07, 6.45) is 0. The first-order valence-electron chi connectivity index (χ1n) is 36.8. The molecule has 1 aliphatic rings. The lowest BCUT2D eigenvalue weighted by Gasteiger charge is -2.33. The third-order valence-electron chi connectivity index (χ3n) is 9.88. The molecule has 0 bridgehead atoms. The van der Waals surface area contributed by atoms with E-state index in [0.717, 1.165) is 0 Å². The van der Waals surface area contributed by atoms with Crippen LogP contribution in [0, 0.1) is 0 Å². The van der Waals surface area contributed by atoms with Gasteiger partial charge in [-0.2, -0.15) is 0 Å². The van der Waals surface area contributed by atoms with E-state index in [1.807, 2.05) is 0 Å². The predicted octanol–water partition coefficient (Wildman–Crippen LogP) is 16.2. The molecule has 59 heavy (non-hydrogen) atoms. The van der Waals surface area contributed by atoms with Crippen molar-refractivity contribution in [2.75, 3.05) is 4.90 Å². The van der Waals surface area contributed by atoms with Crippen molar-refractivity contribution in [1.29, 1.82) is 0 Å². The van der Waals surface area contributed by atoms with Gasteiger partial charge in [0.25, 0.3) is 0 Å². The first kappa shape index (κ1) is 12.8. The molecule has 0 saturated carbocycles. The van der Waals surface area contributed by atoms with Crippen molar-refractivity contribution in [1.82, 2.24) is 0 Å². The smallest absolute Gasteiger partial charge is 0.136 e. The van der Waals surface area contributed by atoms with Gasteiger partial charge in [0.2, 0.25) is 0 Å². The largest absolute Gasteiger partial charge is 0.456 e. The van der Waals surface area contributed by atoms with Gasteiger partial charge in [0, 0.05) is 35.5 Å². The van der Waals surface area contributed by atoms with Crippen LogP contribution in [0.3, 0.4) is 0 Å². The molecule has 0 spiro atoms. The van der Waals surface area contributed by atoms with E-state index in [9.17, 15) is 31.5 Å². The number of para-hydroxylation sites is 1. The molecule has 0 saturated heterocycles. The Morgan fingerprint density at radius 1 is 0.458 bits per heavy atom. The Labute approximate surface area is 398 Å². The molecule has 2 heteroatoms. The Kier molecular flexibility index (Phi) is 2.77. The van der Waals surface area contributed by atoms with E-state index >= 15 is 0 Å². The van der Waals surface area contributed by atoms with Crippen molar-refractivity contribution in [3.8, 4) is 33.4 Å². The molecule has 12 rings (SSSR count). The van der Waals surface area contributed by atoms with Crippen LogP contribution in [0.15, 0.2) is 204 Å². The summed E-state index contributed by atoms with van der Waals surface area (Å²) in [4.78, 5) is 0.133. The highest BCUT2D eigenvalue weighted by Crippen LogP contribution is 2.55. The number of nitrogens with zero attached hydrogens (tertiary/aromatic N) is 1. The van der Waals surface area contributed by atoms with Crippen molar-refractivity contribution < 1.29 is 57.9 Å². The SMILES string of the molecule is [2H]c1c([2H])c([2H])c2c(c1[2H])-c1c([2H])c([2H])c([2H])c(N(c3c([2H])c([2H])c(-c4c([2H])c([2H])c5c([2H])c([2H])c([2H])c([2H])c5c4-c4c([2H])c([2H])c([2H])c5oc6c([2H])c([2H])c([2H])c([2H])c6c45)c([2H])c3[2H])c3c([2H])c4c([2H])c([2H])c([2H])c([2H])c4c4c([2H])c([2H])c([2H])c([2H])c34)c1C2(C([2H])([2H])[2H])C([2H])([2H])[2H]. The van der Waals surface area contributed by atoms with Crippen LogP contribution < -0.4 is 4.90 Å². The highest BCUT2D eigenvalue weighted by Gasteiger charge is 2.39. The van der Waals surface area contributed by atoms with Crippen LogP contribution in [0.25, 0.3) is 87.6 Å². The fourth-order valence-corrected chi connectivity index (χ4v) is 7.41. The van der Waals surface area contributed by atoms with Crippen LogP contribution in [-0.4, -0.2) is 0 Å². The Morgan fingerprint density at radius 2 is 1.10 bits per heavy atom. The second-order valence-electron chi connectivity index (χ2n) is 13.0. The Bertz CT molecular complexity index is 5600. The number of hydrogen-bond donors (Lipinski definition) is 0. The second-order valence-corrected chi connectivity index (χ2v) is 13.0. The van der Waals surface area contributed by atoms with E-state index < -0.39 is 334 Å². The molecule has 1 aliphatic carbocycles. The number of anilines is 3. The van der Waals surface area contributed by atoms with Crippen LogP contribution in [0.5, 0.6) is 0 Å². The molecular weight excluding hydrogens is 715 g/mol. The van der Waals surface area contributed by atoms with Crippen molar-refractivity contribution in [2.45, 2.75) is 19.1 Å². The zero-order valence-corrected chi connectivity index (χ0v) is 29.4. The van der Waals surface area contributed by atoms with Gasteiger partial charge in [-0.25, -0.2) is 0 Å². The Hall–Kier alpha value is -7.42. The number of rotatable bonds is 5. The van der Waals surface area contributed by atoms with Crippen LogP contribution in [0.1, 0.15) is 78.3 Å². The van der Waals surface area contributed by atoms with Gasteiger partial charge in [-0.3, -0.25) is 0 Å². The van der Waals surface area contributed by atoms with Crippen LogP contribution in [0.4, 0.5) is 17.1 Å². The minimum absolute atomic E-state index is 0.133. The fraction of sp³-hybridized carbons (Fsp3) is 0.0526. The van der Waals surface area contributed by atoms with Gasteiger partial charge in [0.15, 0.2) is 0 Å². The first-order chi connectivity index (χ1) is 45.3. The summed E-state index contributed by atoms with van der Waals surface area (Å²) in [7, 11) is 0. The molecule has 0 amide bonds. The molecule has 1 heterocycles. The van der Waals surface area contributed by atoms with Crippen LogP contribution >= 0.6 is 0 Å². The highest BCUT2D eigenvalue weighted by molar-refractivity contribution is 6.18. The molecule has 0 fully saturated rings. The average Bonchev–Trinajstić information content (AvgIpc) is 1.56. The summed E-state index contributed by atoms with van der Waals surface area (Å²) < 4.78 is 369. The molecule has 10 aromatic carbocycles. The van der Waals surface area contributed by atoms with Gasteiger partial charge in [-0.05, 0) is 108 Å². The summed E-state index contributed by atoms with van der Waals surface area (Å²) >= 11 is 0. The summed E-state index contributed by atoms with van der Waals surface area (Å²) in [6, 6.07) is -40.1. The van der Waals surface area contributed by atoms with Crippen molar-refractivity contribution in [3.63, 3.8) is 0 Å². The maximum Gasteiger partial charge on any atom is 0.136 e. The van der Waals surface area contributed by atoms with E-state index in [1.165, 1.54) is 0 Å². The molecule has 0 radical (unpaired) electrons. The van der Waals surface area contributed by atoms with E-state index in [1.54, 1.807) is 0 Å². The van der Waals surface area contributed by atoms with Gasteiger partial charge in [0.1, 0.15) is 11.2 Å². The maximum absolute atomic E-state index is 10.3. The molecule has 0 aliphatic heterocycles. The topological polar surface area (TPSA) is 16.4 Å². The van der Waals surface area contributed by atoms with E-state index in [2.05, 4.69) is 0 Å². The third kappa shape index (κ3) is 5.00. The summed E-state index contributed by atoms with van der Waals surface area (Å²) in [6.45, 7) is -8.52. The minimum Gasteiger partial charge on any atom is -0.456 e. The number of fused-ring (bicyclic) bond motifs is 10. The Morgan fingerprint density at radius 3 is 1.95 bits per heavy atom. The van der Waals surface area contributed by atoms with Gasteiger partial charge < -0.3 is 9.32 Å². The molecule has 0 unspecified atom stereocenters. The average molecular weight is 793 g/mol.